The zero-order valence-corrected chi connectivity index (χ0v) is 10.4. The molecular weight excluding hydrogens is 220 g/mol. The van der Waals surface area contributed by atoms with E-state index in [9.17, 15) is 4.79 Å². The number of amides is 1. The first-order chi connectivity index (χ1) is 8.22. The van der Waals surface area contributed by atoms with Gasteiger partial charge in [-0.2, -0.15) is 0 Å². The van der Waals surface area contributed by atoms with E-state index in [4.69, 9.17) is 15.2 Å². The van der Waals surface area contributed by atoms with Crippen LogP contribution >= 0.6 is 0 Å². The first kappa shape index (κ1) is 12.8. The van der Waals surface area contributed by atoms with Crippen LogP contribution in [0.5, 0.6) is 0 Å². The average Bonchev–Trinajstić information content (AvgIpc) is 2.39. The van der Waals surface area contributed by atoms with Crippen LogP contribution in [0.1, 0.15) is 19.8 Å². The Labute approximate surface area is 102 Å². The Morgan fingerprint density at radius 3 is 2.76 bits per heavy atom. The molecule has 1 amide bonds. The number of hydrogen-bond donors (Lipinski definition) is 1. The van der Waals surface area contributed by atoms with Gasteiger partial charge in [-0.3, -0.25) is 4.79 Å². The van der Waals surface area contributed by atoms with E-state index in [1.165, 1.54) is 0 Å². The number of nitrogens with zero attached hydrogens (tertiary/aromatic N) is 1. The number of carbonyl (C=O) groups excluding carboxylic acids is 1. The molecule has 17 heavy (non-hydrogen) atoms. The molecule has 2 atom stereocenters. The summed E-state index contributed by atoms with van der Waals surface area (Å²) in [5.41, 5.74) is 5.61. The third-order valence-electron chi connectivity index (χ3n) is 3.62. The van der Waals surface area contributed by atoms with Crippen molar-refractivity contribution in [2.24, 2.45) is 11.7 Å². The van der Waals surface area contributed by atoms with Crippen molar-refractivity contribution in [3.05, 3.63) is 0 Å². The van der Waals surface area contributed by atoms with Crippen molar-refractivity contribution in [1.82, 2.24) is 4.90 Å². The van der Waals surface area contributed by atoms with E-state index in [0.717, 1.165) is 12.8 Å². The third-order valence-corrected chi connectivity index (χ3v) is 3.62. The fourth-order valence-electron chi connectivity index (χ4n) is 2.45. The van der Waals surface area contributed by atoms with Crippen LogP contribution in [0.4, 0.5) is 0 Å². The molecule has 0 bridgehead atoms. The summed E-state index contributed by atoms with van der Waals surface area (Å²) in [4.78, 5) is 14.3. The molecule has 98 valence electrons. The van der Waals surface area contributed by atoms with E-state index >= 15 is 0 Å². The normalized spacial score (nSPS) is 31.5. The van der Waals surface area contributed by atoms with Gasteiger partial charge in [0.1, 0.15) is 0 Å². The van der Waals surface area contributed by atoms with Crippen LogP contribution in [0, 0.1) is 5.92 Å². The van der Waals surface area contributed by atoms with Crippen LogP contribution in [0.3, 0.4) is 0 Å². The Morgan fingerprint density at radius 1 is 1.41 bits per heavy atom. The molecule has 2 fully saturated rings. The van der Waals surface area contributed by atoms with E-state index < -0.39 is 0 Å². The molecule has 2 N–H and O–H groups in total. The highest BCUT2D eigenvalue weighted by molar-refractivity contribution is 5.79. The summed E-state index contributed by atoms with van der Waals surface area (Å²) in [6.07, 6.45) is 1.68. The lowest BCUT2D eigenvalue weighted by molar-refractivity contribution is -0.150. The second kappa shape index (κ2) is 5.80. The van der Waals surface area contributed by atoms with Crippen LogP contribution < -0.4 is 5.73 Å². The molecule has 2 aliphatic heterocycles. The summed E-state index contributed by atoms with van der Waals surface area (Å²) in [5, 5.41) is 0. The van der Waals surface area contributed by atoms with Crippen LogP contribution in [0.25, 0.3) is 0 Å². The molecule has 2 heterocycles. The van der Waals surface area contributed by atoms with Crippen LogP contribution in [0.2, 0.25) is 0 Å². The molecule has 0 aromatic carbocycles. The van der Waals surface area contributed by atoms with Crippen LogP contribution in [0.15, 0.2) is 0 Å². The maximum absolute atomic E-state index is 12.4. The molecule has 2 aliphatic rings. The van der Waals surface area contributed by atoms with Gasteiger partial charge in [0.15, 0.2) is 0 Å². The summed E-state index contributed by atoms with van der Waals surface area (Å²) < 4.78 is 10.9. The van der Waals surface area contributed by atoms with Gasteiger partial charge in [0, 0.05) is 32.2 Å². The molecule has 0 aromatic heterocycles. The van der Waals surface area contributed by atoms with E-state index in [0.29, 0.717) is 32.9 Å². The van der Waals surface area contributed by atoms with Gasteiger partial charge >= 0.3 is 0 Å². The number of nitrogens with two attached hydrogens (primary N) is 1. The maximum atomic E-state index is 12.4. The molecule has 0 spiro atoms. The van der Waals surface area contributed by atoms with E-state index in [2.05, 4.69) is 0 Å². The minimum absolute atomic E-state index is 0.00464. The quantitative estimate of drug-likeness (QED) is 0.739. The van der Waals surface area contributed by atoms with Crippen molar-refractivity contribution in [2.75, 3.05) is 32.9 Å². The van der Waals surface area contributed by atoms with Crippen LogP contribution in [-0.4, -0.2) is 55.9 Å². The maximum Gasteiger partial charge on any atom is 0.226 e. The van der Waals surface area contributed by atoms with Crippen molar-refractivity contribution in [3.8, 4) is 0 Å². The summed E-state index contributed by atoms with van der Waals surface area (Å²) in [6, 6.07) is 0.160. The largest absolute Gasteiger partial charge is 0.381 e. The van der Waals surface area contributed by atoms with Crippen molar-refractivity contribution in [1.29, 1.82) is 0 Å². The van der Waals surface area contributed by atoms with E-state index in [1.807, 2.05) is 11.8 Å². The van der Waals surface area contributed by atoms with Gasteiger partial charge in [0.2, 0.25) is 5.91 Å². The lowest BCUT2D eigenvalue weighted by Gasteiger charge is -2.40. The highest BCUT2D eigenvalue weighted by atomic mass is 16.5. The average molecular weight is 242 g/mol. The van der Waals surface area contributed by atoms with Gasteiger partial charge in [0.25, 0.3) is 0 Å². The summed E-state index contributed by atoms with van der Waals surface area (Å²) in [5.74, 6) is 0.380. The Hall–Kier alpha value is -0.650. The van der Waals surface area contributed by atoms with Gasteiger partial charge < -0.3 is 20.1 Å². The van der Waals surface area contributed by atoms with E-state index in [-0.39, 0.29) is 24.0 Å². The molecule has 0 aliphatic carbocycles. The molecule has 2 unspecified atom stereocenters. The fourth-order valence-corrected chi connectivity index (χ4v) is 2.45. The van der Waals surface area contributed by atoms with Crippen molar-refractivity contribution >= 4 is 5.91 Å². The lowest BCUT2D eigenvalue weighted by Crippen LogP contribution is -2.54. The zero-order chi connectivity index (χ0) is 12.3. The molecule has 0 aromatic rings. The van der Waals surface area contributed by atoms with Gasteiger partial charge in [-0.05, 0) is 19.8 Å². The summed E-state index contributed by atoms with van der Waals surface area (Å²) in [6.45, 7) is 5.14. The molecule has 2 rings (SSSR count). The number of hydrogen-bond acceptors (Lipinski definition) is 4. The number of morpholine rings is 1. The third kappa shape index (κ3) is 2.97. The fraction of sp³-hybridized carbons (Fsp3) is 0.917. The second-order valence-corrected chi connectivity index (χ2v) is 4.92. The first-order valence-corrected chi connectivity index (χ1v) is 6.42. The SMILES string of the molecule is CC1COC(CN)CN1C(=O)C1CCOCC1. The summed E-state index contributed by atoms with van der Waals surface area (Å²) in [7, 11) is 0. The topological polar surface area (TPSA) is 64.8 Å². The monoisotopic (exact) mass is 242 g/mol. The van der Waals surface area contributed by atoms with Gasteiger partial charge in [-0.1, -0.05) is 0 Å². The van der Waals surface area contributed by atoms with Gasteiger partial charge in [0.05, 0.1) is 18.8 Å². The van der Waals surface area contributed by atoms with Crippen molar-refractivity contribution < 1.29 is 14.3 Å². The Balaban J connectivity index is 1.95. The van der Waals surface area contributed by atoms with Crippen LogP contribution in [-0.2, 0) is 14.3 Å². The number of ether oxygens (including phenoxy) is 2. The zero-order valence-electron chi connectivity index (χ0n) is 10.4. The first-order valence-electron chi connectivity index (χ1n) is 6.42. The molecular formula is C12H22N2O3. The molecule has 0 saturated carbocycles. The highest BCUT2D eigenvalue weighted by Gasteiger charge is 2.33. The lowest BCUT2D eigenvalue weighted by atomic mass is 9.97. The standard InChI is InChI=1S/C12H22N2O3/c1-9-8-17-11(6-13)7-14(9)12(15)10-2-4-16-5-3-10/h9-11H,2-8,13H2,1H3. The predicted molar refractivity (Wildman–Crippen MR) is 63.5 cm³/mol. The van der Waals surface area contributed by atoms with Gasteiger partial charge in [-0.15, -0.1) is 0 Å². The van der Waals surface area contributed by atoms with Crippen molar-refractivity contribution in [3.63, 3.8) is 0 Å². The second-order valence-electron chi connectivity index (χ2n) is 4.92. The predicted octanol–water partition coefficient (Wildman–Crippen LogP) is -0.0124. The minimum atomic E-state index is -0.00464. The smallest absolute Gasteiger partial charge is 0.226 e. The highest BCUT2D eigenvalue weighted by Crippen LogP contribution is 2.21. The Morgan fingerprint density at radius 2 is 2.12 bits per heavy atom. The summed E-state index contributed by atoms with van der Waals surface area (Å²) >= 11 is 0. The number of rotatable bonds is 2. The molecule has 2 saturated heterocycles. The molecule has 0 radical (unpaired) electrons. The minimum Gasteiger partial charge on any atom is -0.381 e. The van der Waals surface area contributed by atoms with Crippen molar-refractivity contribution in [2.45, 2.75) is 31.9 Å². The number of carbonyl (C=O) groups is 1. The van der Waals surface area contributed by atoms with E-state index in [1.54, 1.807) is 0 Å². The Kier molecular flexibility index (Phi) is 4.36. The Bertz CT molecular complexity index is 266. The molecule has 5 nitrogen and oxygen atoms in total. The molecule has 5 heteroatoms. The van der Waals surface area contributed by atoms with Gasteiger partial charge in [-0.25, -0.2) is 0 Å².